The van der Waals surface area contributed by atoms with Crippen LogP contribution >= 0.6 is 0 Å². The lowest BCUT2D eigenvalue weighted by Gasteiger charge is -2.39. The minimum absolute atomic E-state index is 0.0441. The molecule has 0 bridgehead atoms. The van der Waals surface area contributed by atoms with Crippen molar-refractivity contribution in [3.05, 3.63) is 46.7 Å². The molecule has 0 amide bonds. The molecule has 1 unspecified atom stereocenters. The number of nitrogens with zero attached hydrogens (tertiary/aromatic N) is 1. The number of fused-ring (bicyclic) bond motifs is 3. The van der Waals surface area contributed by atoms with E-state index in [0.717, 1.165) is 49.1 Å². The minimum atomic E-state index is -2.15. The number of aliphatic hydroxyl groups is 2. The van der Waals surface area contributed by atoms with Gasteiger partial charge >= 0.3 is 11.9 Å². The largest absolute Gasteiger partial charge is 0.497 e. The van der Waals surface area contributed by atoms with Crippen LogP contribution in [0.4, 0.5) is 0 Å². The summed E-state index contributed by atoms with van der Waals surface area (Å²) in [6.07, 6.45) is 5.63. The highest BCUT2D eigenvalue weighted by molar-refractivity contribution is 5.86. The third kappa shape index (κ3) is 6.42. The zero-order chi connectivity index (χ0) is 31.0. The monoisotopic (exact) mass is 599 g/mol. The molecule has 43 heavy (non-hydrogen) atoms. The maximum atomic E-state index is 14.0. The second-order valence-corrected chi connectivity index (χ2v) is 13.1. The first-order chi connectivity index (χ1) is 20.3. The van der Waals surface area contributed by atoms with E-state index in [1.165, 1.54) is 0 Å². The van der Waals surface area contributed by atoms with Crippen molar-refractivity contribution in [1.29, 1.82) is 0 Å². The first-order valence-corrected chi connectivity index (χ1v) is 15.2. The summed E-state index contributed by atoms with van der Waals surface area (Å²) in [7, 11) is 1.56. The number of methoxy groups -OCH3 is 1. The SMILES string of the molecule is COC1=C[C@]23CCCN2CCc2cc4c(cc2[C@@H]3C1OC(=O)[C@@](O)(CCCC(C)(C)O)CC(=O)OCC=C(C)C)OCO4. The zero-order valence-electron chi connectivity index (χ0n) is 25.9. The molecule has 3 heterocycles. The van der Waals surface area contributed by atoms with Gasteiger partial charge in [0.05, 0.1) is 30.6 Å². The summed E-state index contributed by atoms with van der Waals surface area (Å²) in [4.78, 5) is 29.3. The molecule has 10 nitrogen and oxygen atoms in total. The summed E-state index contributed by atoms with van der Waals surface area (Å²) in [5, 5.41) is 22.0. The van der Waals surface area contributed by atoms with Crippen LogP contribution in [0, 0.1) is 0 Å². The first-order valence-electron chi connectivity index (χ1n) is 15.2. The van der Waals surface area contributed by atoms with Gasteiger partial charge in [0.25, 0.3) is 0 Å². The van der Waals surface area contributed by atoms with Gasteiger partial charge in [0.1, 0.15) is 12.4 Å². The third-order valence-corrected chi connectivity index (χ3v) is 9.13. The standard InChI is InChI=1S/C33H45NO9/c1-21(2)9-15-40-27(35)19-33(38,12-6-10-31(3,4)37)30(36)43-29-26(39-5)18-32-11-7-13-34(32)14-8-22-16-24-25(42-20-41-24)17-23(22)28(29)32/h9,16-18,28-29,37-38H,6-8,10-15,19-20H2,1-5H3/t28-,29?,32+,33-/m1/s1. The lowest BCUT2D eigenvalue weighted by Crippen LogP contribution is -2.49. The number of hydrogen-bond acceptors (Lipinski definition) is 10. The number of ether oxygens (including phenoxy) is 5. The van der Waals surface area contributed by atoms with Crippen LogP contribution in [-0.4, -0.2) is 83.5 Å². The van der Waals surface area contributed by atoms with E-state index >= 15 is 0 Å². The molecule has 1 aromatic carbocycles. The Morgan fingerprint density at radius 2 is 1.88 bits per heavy atom. The molecule has 0 radical (unpaired) electrons. The molecule has 1 saturated heterocycles. The van der Waals surface area contributed by atoms with E-state index in [-0.39, 0.29) is 25.7 Å². The Kier molecular flexibility index (Phi) is 8.84. The van der Waals surface area contributed by atoms with Crippen molar-refractivity contribution in [2.45, 2.75) is 101 Å². The molecule has 10 heteroatoms. The molecule has 3 aliphatic heterocycles. The zero-order valence-corrected chi connectivity index (χ0v) is 25.9. The van der Waals surface area contributed by atoms with Crippen molar-refractivity contribution in [1.82, 2.24) is 4.90 Å². The van der Waals surface area contributed by atoms with Crippen LogP contribution in [0.3, 0.4) is 0 Å². The quantitative estimate of drug-likeness (QED) is 0.286. The van der Waals surface area contributed by atoms with Crippen molar-refractivity contribution >= 4 is 11.9 Å². The molecule has 1 aromatic rings. The molecule has 2 N–H and O–H groups in total. The van der Waals surface area contributed by atoms with E-state index in [1.54, 1.807) is 27.0 Å². The molecular formula is C33H45NO9. The first kappa shape index (κ1) is 31.3. The Hall–Kier alpha value is -3.08. The van der Waals surface area contributed by atoms with E-state index < -0.39 is 41.2 Å². The molecular weight excluding hydrogens is 554 g/mol. The Morgan fingerprint density at radius 1 is 1.14 bits per heavy atom. The highest BCUT2D eigenvalue weighted by Gasteiger charge is 2.59. The molecule has 0 saturated carbocycles. The molecule has 0 aromatic heterocycles. The van der Waals surface area contributed by atoms with Gasteiger partial charge < -0.3 is 33.9 Å². The summed E-state index contributed by atoms with van der Waals surface area (Å²) < 4.78 is 28.8. The third-order valence-electron chi connectivity index (χ3n) is 9.13. The molecule has 236 valence electrons. The van der Waals surface area contributed by atoms with Crippen LogP contribution in [0.1, 0.15) is 83.3 Å². The fourth-order valence-electron chi connectivity index (χ4n) is 6.99. The van der Waals surface area contributed by atoms with Crippen LogP contribution in [0.15, 0.2) is 35.6 Å². The van der Waals surface area contributed by atoms with Crippen molar-refractivity contribution < 1.29 is 43.5 Å². The number of rotatable bonds is 11. The summed E-state index contributed by atoms with van der Waals surface area (Å²) in [6, 6.07) is 4.02. The average molecular weight is 600 g/mol. The van der Waals surface area contributed by atoms with Gasteiger partial charge in [-0.1, -0.05) is 5.57 Å². The van der Waals surface area contributed by atoms with Crippen LogP contribution in [0.5, 0.6) is 11.5 Å². The second kappa shape index (κ2) is 12.1. The van der Waals surface area contributed by atoms with Gasteiger partial charge in [-0.2, -0.15) is 0 Å². The van der Waals surface area contributed by atoms with E-state index in [4.69, 9.17) is 23.7 Å². The second-order valence-electron chi connectivity index (χ2n) is 13.1. The van der Waals surface area contributed by atoms with Gasteiger partial charge in [-0.05, 0) is 108 Å². The highest BCUT2D eigenvalue weighted by Crippen LogP contribution is 2.55. The van der Waals surface area contributed by atoms with Crippen LogP contribution in [0.2, 0.25) is 0 Å². The van der Waals surface area contributed by atoms with Crippen LogP contribution in [-0.2, 0) is 30.2 Å². The normalized spacial score (nSPS) is 25.4. The van der Waals surface area contributed by atoms with Crippen molar-refractivity contribution in [3.8, 4) is 11.5 Å². The molecule has 1 spiro atoms. The Bertz CT molecular complexity index is 1290. The van der Waals surface area contributed by atoms with Gasteiger partial charge in [0.15, 0.2) is 23.2 Å². The lowest BCUT2D eigenvalue weighted by molar-refractivity contribution is -0.179. The molecule has 4 atom stereocenters. The fraction of sp³-hybridized carbons (Fsp3) is 0.636. The average Bonchev–Trinajstić information content (AvgIpc) is 3.61. The predicted octanol–water partition coefficient (Wildman–Crippen LogP) is 3.92. The number of carbonyl (C=O) groups excluding carboxylic acids is 2. The number of hydrogen-bond donors (Lipinski definition) is 2. The molecule has 4 aliphatic rings. The smallest absolute Gasteiger partial charge is 0.339 e. The minimum Gasteiger partial charge on any atom is -0.497 e. The Labute approximate surface area is 253 Å². The fourth-order valence-corrected chi connectivity index (χ4v) is 6.99. The Balaban J connectivity index is 1.46. The molecule has 5 rings (SSSR count). The van der Waals surface area contributed by atoms with Gasteiger partial charge in [-0.3, -0.25) is 9.69 Å². The van der Waals surface area contributed by atoms with Crippen molar-refractivity contribution in [2.24, 2.45) is 0 Å². The molecule has 1 fully saturated rings. The van der Waals surface area contributed by atoms with Crippen molar-refractivity contribution in [3.63, 3.8) is 0 Å². The van der Waals surface area contributed by atoms with E-state index in [9.17, 15) is 19.8 Å². The van der Waals surface area contributed by atoms with Gasteiger partial charge in [-0.15, -0.1) is 0 Å². The van der Waals surface area contributed by atoms with E-state index in [1.807, 2.05) is 26.0 Å². The number of carbonyl (C=O) groups is 2. The van der Waals surface area contributed by atoms with E-state index in [0.29, 0.717) is 30.1 Å². The number of esters is 2. The number of allylic oxidation sites excluding steroid dienone is 1. The topological polar surface area (TPSA) is 124 Å². The van der Waals surface area contributed by atoms with E-state index in [2.05, 4.69) is 11.0 Å². The van der Waals surface area contributed by atoms with Crippen molar-refractivity contribution in [2.75, 3.05) is 33.6 Å². The molecule has 1 aliphatic carbocycles. The Morgan fingerprint density at radius 3 is 2.58 bits per heavy atom. The van der Waals surface area contributed by atoms with Crippen LogP contribution < -0.4 is 9.47 Å². The number of benzene rings is 1. The summed E-state index contributed by atoms with van der Waals surface area (Å²) >= 11 is 0. The predicted molar refractivity (Wildman–Crippen MR) is 158 cm³/mol. The highest BCUT2D eigenvalue weighted by atomic mass is 16.7. The summed E-state index contributed by atoms with van der Waals surface area (Å²) in [5.74, 6) is -0.0665. The lowest BCUT2D eigenvalue weighted by atomic mass is 9.77. The van der Waals surface area contributed by atoms with Crippen LogP contribution in [0.25, 0.3) is 0 Å². The van der Waals surface area contributed by atoms with Gasteiger partial charge in [0, 0.05) is 6.54 Å². The van der Waals surface area contributed by atoms with Gasteiger partial charge in [0.2, 0.25) is 6.79 Å². The van der Waals surface area contributed by atoms with Gasteiger partial charge in [-0.25, -0.2) is 4.79 Å². The maximum Gasteiger partial charge on any atom is 0.339 e. The summed E-state index contributed by atoms with van der Waals surface area (Å²) in [6.45, 7) is 9.03. The maximum absolute atomic E-state index is 14.0. The summed E-state index contributed by atoms with van der Waals surface area (Å²) in [5.41, 5.74) is -0.508.